The average Bonchev–Trinajstić information content (AvgIpc) is 2.84. The lowest BCUT2D eigenvalue weighted by Crippen LogP contribution is -2.50. The number of nitrogens with one attached hydrogen (secondary N) is 1. The number of nitrogens with zero attached hydrogens (tertiary/aromatic N) is 2. The molecular formula is C28H33N3O. The van der Waals surface area contributed by atoms with Crippen molar-refractivity contribution in [3.05, 3.63) is 107 Å². The standard InChI is InChI=1S/C28H33N3O/c1-23-12-14-26(15-13-23)22-31(28(32)29-20-24-8-4-2-5-9-24)27-16-18-30(19-17-27)21-25-10-6-3-7-11-25/h2-15,27H,16-22H2,1H3,(H,29,32). The maximum absolute atomic E-state index is 13.3. The number of aryl methyl sites for hydroxylation is 1. The van der Waals surface area contributed by atoms with Crippen LogP contribution in [0.15, 0.2) is 84.9 Å². The summed E-state index contributed by atoms with van der Waals surface area (Å²) in [4.78, 5) is 17.8. The lowest BCUT2D eigenvalue weighted by atomic mass is 10.0. The van der Waals surface area contributed by atoms with Crippen LogP contribution in [0.3, 0.4) is 0 Å². The fourth-order valence-corrected chi connectivity index (χ4v) is 4.36. The molecule has 1 saturated heterocycles. The Kier molecular flexibility index (Phi) is 7.57. The van der Waals surface area contributed by atoms with Crippen molar-refractivity contribution in [2.24, 2.45) is 0 Å². The van der Waals surface area contributed by atoms with E-state index in [9.17, 15) is 4.79 Å². The third-order valence-corrected chi connectivity index (χ3v) is 6.27. The molecule has 0 spiro atoms. The third-order valence-electron chi connectivity index (χ3n) is 6.27. The summed E-state index contributed by atoms with van der Waals surface area (Å²) in [6, 6.07) is 29.5. The number of piperidine rings is 1. The molecule has 0 aliphatic carbocycles. The molecule has 1 heterocycles. The summed E-state index contributed by atoms with van der Waals surface area (Å²) >= 11 is 0. The highest BCUT2D eigenvalue weighted by molar-refractivity contribution is 5.74. The summed E-state index contributed by atoms with van der Waals surface area (Å²) in [5.41, 5.74) is 4.89. The molecule has 0 bridgehead atoms. The van der Waals surface area contributed by atoms with Gasteiger partial charge < -0.3 is 10.2 Å². The largest absolute Gasteiger partial charge is 0.334 e. The Labute approximate surface area is 191 Å². The maximum Gasteiger partial charge on any atom is 0.318 e. The van der Waals surface area contributed by atoms with E-state index in [-0.39, 0.29) is 12.1 Å². The Balaban J connectivity index is 1.40. The van der Waals surface area contributed by atoms with Crippen LogP contribution in [0.5, 0.6) is 0 Å². The van der Waals surface area contributed by atoms with E-state index in [4.69, 9.17) is 0 Å². The van der Waals surface area contributed by atoms with Crippen molar-refractivity contribution in [3.63, 3.8) is 0 Å². The maximum atomic E-state index is 13.3. The Morgan fingerprint density at radius 3 is 2.06 bits per heavy atom. The van der Waals surface area contributed by atoms with E-state index >= 15 is 0 Å². The van der Waals surface area contributed by atoms with Crippen molar-refractivity contribution in [1.29, 1.82) is 0 Å². The quantitative estimate of drug-likeness (QED) is 0.550. The molecule has 1 aliphatic heterocycles. The Morgan fingerprint density at radius 1 is 0.844 bits per heavy atom. The first-order valence-electron chi connectivity index (χ1n) is 11.6. The first-order valence-corrected chi connectivity index (χ1v) is 11.6. The van der Waals surface area contributed by atoms with Gasteiger partial charge in [-0.05, 0) is 36.5 Å². The van der Waals surface area contributed by atoms with Gasteiger partial charge in [-0.25, -0.2) is 4.79 Å². The predicted octanol–water partition coefficient (Wildman–Crippen LogP) is 5.37. The monoisotopic (exact) mass is 427 g/mol. The van der Waals surface area contributed by atoms with Crippen LogP contribution in [0.25, 0.3) is 0 Å². The van der Waals surface area contributed by atoms with Crippen LogP contribution in [0.4, 0.5) is 4.79 Å². The molecule has 32 heavy (non-hydrogen) atoms. The Hall–Kier alpha value is -3.11. The molecule has 3 aromatic carbocycles. The molecule has 0 atom stereocenters. The second-order valence-electron chi connectivity index (χ2n) is 8.75. The van der Waals surface area contributed by atoms with Gasteiger partial charge in [-0.15, -0.1) is 0 Å². The number of benzene rings is 3. The molecule has 0 aromatic heterocycles. The van der Waals surface area contributed by atoms with Gasteiger partial charge in [0.25, 0.3) is 0 Å². The number of carbonyl (C=O) groups is 1. The minimum absolute atomic E-state index is 0.0240. The number of amides is 2. The number of rotatable bonds is 7. The second-order valence-corrected chi connectivity index (χ2v) is 8.75. The lowest BCUT2D eigenvalue weighted by molar-refractivity contribution is 0.113. The van der Waals surface area contributed by atoms with Crippen LogP contribution in [-0.2, 0) is 19.6 Å². The van der Waals surface area contributed by atoms with E-state index in [2.05, 4.69) is 71.7 Å². The summed E-state index contributed by atoms with van der Waals surface area (Å²) in [7, 11) is 0. The van der Waals surface area contributed by atoms with Crippen molar-refractivity contribution in [2.45, 2.75) is 45.4 Å². The van der Waals surface area contributed by atoms with E-state index in [1.54, 1.807) is 0 Å². The van der Waals surface area contributed by atoms with Crippen LogP contribution in [0.2, 0.25) is 0 Å². The molecule has 4 nitrogen and oxygen atoms in total. The highest BCUT2D eigenvalue weighted by Gasteiger charge is 2.28. The highest BCUT2D eigenvalue weighted by atomic mass is 16.2. The molecule has 1 aliphatic rings. The molecule has 1 fully saturated rings. The van der Waals surface area contributed by atoms with Crippen molar-refractivity contribution < 1.29 is 4.79 Å². The van der Waals surface area contributed by atoms with Crippen molar-refractivity contribution in [3.8, 4) is 0 Å². The van der Waals surface area contributed by atoms with E-state index < -0.39 is 0 Å². The van der Waals surface area contributed by atoms with Crippen LogP contribution in [0, 0.1) is 6.92 Å². The zero-order valence-corrected chi connectivity index (χ0v) is 18.9. The second kappa shape index (κ2) is 11.0. The fraction of sp³-hybridized carbons (Fsp3) is 0.321. The van der Waals surface area contributed by atoms with Gasteiger partial charge in [0.15, 0.2) is 0 Å². The van der Waals surface area contributed by atoms with Crippen LogP contribution < -0.4 is 5.32 Å². The number of hydrogen-bond acceptors (Lipinski definition) is 2. The smallest absolute Gasteiger partial charge is 0.318 e. The van der Waals surface area contributed by atoms with Crippen molar-refractivity contribution in [2.75, 3.05) is 13.1 Å². The first kappa shape index (κ1) is 22.1. The topological polar surface area (TPSA) is 35.6 Å². The third kappa shape index (κ3) is 6.21. The van der Waals surface area contributed by atoms with Gasteiger partial charge in [0.05, 0.1) is 0 Å². The van der Waals surface area contributed by atoms with E-state index in [1.165, 1.54) is 16.7 Å². The minimum atomic E-state index is 0.0240. The van der Waals surface area contributed by atoms with Crippen molar-refractivity contribution >= 4 is 6.03 Å². The van der Waals surface area contributed by atoms with E-state index in [0.29, 0.717) is 13.1 Å². The number of carbonyl (C=O) groups excluding carboxylic acids is 1. The fourth-order valence-electron chi connectivity index (χ4n) is 4.36. The summed E-state index contributed by atoms with van der Waals surface area (Å²) in [6.07, 6.45) is 1.99. The minimum Gasteiger partial charge on any atom is -0.334 e. The molecule has 0 saturated carbocycles. The molecule has 1 N–H and O–H groups in total. The summed E-state index contributed by atoms with van der Waals surface area (Å²) < 4.78 is 0. The summed E-state index contributed by atoms with van der Waals surface area (Å²) in [5.74, 6) is 0. The zero-order chi connectivity index (χ0) is 22.2. The Morgan fingerprint density at radius 2 is 1.44 bits per heavy atom. The number of hydrogen-bond donors (Lipinski definition) is 1. The van der Waals surface area contributed by atoms with Gasteiger partial charge in [-0.3, -0.25) is 4.90 Å². The van der Waals surface area contributed by atoms with Gasteiger partial charge in [0.2, 0.25) is 0 Å². The first-order chi connectivity index (χ1) is 15.7. The molecule has 4 heteroatoms. The molecule has 0 radical (unpaired) electrons. The number of urea groups is 1. The van der Waals surface area contributed by atoms with Crippen molar-refractivity contribution in [1.82, 2.24) is 15.1 Å². The molecule has 166 valence electrons. The summed E-state index contributed by atoms with van der Waals surface area (Å²) in [5, 5.41) is 3.15. The zero-order valence-electron chi connectivity index (χ0n) is 18.9. The van der Waals surface area contributed by atoms with Gasteiger partial charge >= 0.3 is 6.03 Å². The predicted molar refractivity (Wildman–Crippen MR) is 130 cm³/mol. The van der Waals surface area contributed by atoms with Crippen LogP contribution in [0.1, 0.15) is 35.1 Å². The average molecular weight is 428 g/mol. The van der Waals surface area contributed by atoms with E-state index in [0.717, 1.165) is 38.0 Å². The Bertz CT molecular complexity index is 965. The normalized spacial score (nSPS) is 14.8. The molecule has 3 aromatic rings. The summed E-state index contributed by atoms with van der Waals surface area (Å²) in [6.45, 7) is 6.29. The SMILES string of the molecule is Cc1ccc(CN(C(=O)NCc2ccccc2)C2CCN(Cc3ccccc3)CC2)cc1. The highest BCUT2D eigenvalue weighted by Crippen LogP contribution is 2.21. The van der Waals surface area contributed by atoms with Crippen LogP contribution >= 0.6 is 0 Å². The number of likely N-dealkylation sites (tertiary alicyclic amines) is 1. The molecule has 0 unspecified atom stereocenters. The molecule has 4 rings (SSSR count). The van der Waals surface area contributed by atoms with Gasteiger partial charge in [-0.2, -0.15) is 0 Å². The molecular weight excluding hydrogens is 394 g/mol. The van der Waals surface area contributed by atoms with Gasteiger partial charge in [0, 0.05) is 38.8 Å². The van der Waals surface area contributed by atoms with Gasteiger partial charge in [0.1, 0.15) is 0 Å². The van der Waals surface area contributed by atoms with E-state index in [1.807, 2.05) is 35.2 Å². The lowest BCUT2D eigenvalue weighted by Gasteiger charge is -2.38. The van der Waals surface area contributed by atoms with Crippen LogP contribution in [-0.4, -0.2) is 35.0 Å². The molecule has 2 amide bonds. The van der Waals surface area contributed by atoms with Gasteiger partial charge in [-0.1, -0.05) is 90.5 Å².